The standard InChI is InChI=1S/C11H20O2/c12-8-10(9-4-3-5-9)11-6-1-2-7-13-11/h9-12H,1-8H2. The SMILES string of the molecule is OCC(C1CCC1)C1CCCCO1. The van der Waals surface area contributed by atoms with Crippen molar-refractivity contribution >= 4 is 0 Å². The lowest BCUT2D eigenvalue weighted by atomic mass is 9.73. The van der Waals surface area contributed by atoms with Gasteiger partial charge in [-0.1, -0.05) is 6.42 Å². The largest absolute Gasteiger partial charge is 0.396 e. The summed E-state index contributed by atoms with van der Waals surface area (Å²) in [5.41, 5.74) is 0. The third-order valence-corrected chi connectivity index (χ3v) is 3.66. The van der Waals surface area contributed by atoms with Gasteiger partial charge in [-0.25, -0.2) is 0 Å². The van der Waals surface area contributed by atoms with E-state index in [0.717, 1.165) is 12.5 Å². The van der Waals surface area contributed by atoms with Crippen molar-refractivity contribution < 1.29 is 9.84 Å². The maximum absolute atomic E-state index is 9.33. The van der Waals surface area contributed by atoms with Gasteiger partial charge in [-0.05, 0) is 38.0 Å². The fraction of sp³-hybridized carbons (Fsp3) is 1.00. The van der Waals surface area contributed by atoms with E-state index in [1.54, 1.807) is 0 Å². The van der Waals surface area contributed by atoms with Crippen LogP contribution in [0, 0.1) is 11.8 Å². The molecule has 2 heteroatoms. The highest BCUT2D eigenvalue weighted by Crippen LogP contribution is 2.37. The first-order valence-corrected chi connectivity index (χ1v) is 5.64. The van der Waals surface area contributed by atoms with Crippen LogP contribution < -0.4 is 0 Å². The second kappa shape index (κ2) is 4.43. The summed E-state index contributed by atoms with van der Waals surface area (Å²) in [6.45, 7) is 1.24. The number of aliphatic hydroxyl groups excluding tert-OH is 1. The van der Waals surface area contributed by atoms with Gasteiger partial charge in [0.1, 0.15) is 0 Å². The maximum atomic E-state index is 9.33. The first-order valence-electron chi connectivity index (χ1n) is 5.64. The topological polar surface area (TPSA) is 29.5 Å². The number of ether oxygens (including phenoxy) is 1. The Kier molecular flexibility index (Phi) is 3.23. The van der Waals surface area contributed by atoms with Crippen LogP contribution in [0.3, 0.4) is 0 Å². The molecule has 0 bridgehead atoms. The molecule has 2 aliphatic rings. The van der Waals surface area contributed by atoms with E-state index in [9.17, 15) is 5.11 Å². The van der Waals surface area contributed by atoms with Crippen molar-refractivity contribution in [2.45, 2.75) is 44.6 Å². The fourth-order valence-electron chi connectivity index (χ4n) is 2.54. The van der Waals surface area contributed by atoms with E-state index in [2.05, 4.69) is 0 Å². The molecule has 2 fully saturated rings. The van der Waals surface area contributed by atoms with Gasteiger partial charge in [-0.3, -0.25) is 0 Å². The number of rotatable bonds is 3. The first-order chi connectivity index (χ1) is 6.42. The Morgan fingerprint density at radius 3 is 2.46 bits per heavy atom. The molecule has 1 heterocycles. The van der Waals surface area contributed by atoms with Crippen molar-refractivity contribution in [3.05, 3.63) is 0 Å². The molecule has 1 saturated heterocycles. The summed E-state index contributed by atoms with van der Waals surface area (Å²) in [6, 6.07) is 0. The fourth-order valence-corrected chi connectivity index (χ4v) is 2.54. The number of hydrogen-bond acceptors (Lipinski definition) is 2. The van der Waals surface area contributed by atoms with E-state index >= 15 is 0 Å². The monoisotopic (exact) mass is 184 g/mol. The summed E-state index contributed by atoms with van der Waals surface area (Å²) in [6.07, 6.45) is 8.00. The van der Waals surface area contributed by atoms with Crippen LogP contribution in [-0.2, 0) is 4.74 Å². The third-order valence-electron chi connectivity index (χ3n) is 3.66. The van der Waals surface area contributed by atoms with Crippen molar-refractivity contribution in [2.75, 3.05) is 13.2 Å². The van der Waals surface area contributed by atoms with Crippen molar-refractivity contribution in [3.8, 4) is 0 Å². The van der Waals surface area contributed by atoms with Crippen LogP contribution >= 0.6 is 0 Å². The summed E-state index contributed by atoms with van der Waals surface area (Å²) < 4.78 is 5.73. The van der Waals surface area contributed by atoms with Gasteiger partial charge in [0.05, 0.1) is 6.10 Å². The minimum Gasteiger partial charge on any atom is -0.396 e. The summed E-state index contributed by atoms with van der Waals surface area (Å²) in [7, 11) is 0. The Morgan fingerprint density at radius 2 is 2.00 bits per heavy atom. The molecule has 2 rings (SSSR count). The van der Waals surface area contributed by atoms with Gasteiger partial charge in [-0.2, -0.15) is 0 Å². The highest BCUT2D eigenvalue weighted by molar-refractivity contribution is 4.83. The molecule has 2 nitrogen and oxygen atoms in total. The normalized spacial score (nSPS) is 32.5. The molecule has 1 saturated carbocycles. The molecular weight excluding hydrogens is 164 g/mol. The number of hydrogen-bond donors (Lipinski definition) is 1. The predicted octanol–water partition coefficient (Wildman–Crippen LogP) is 1.96. The van der Waals surface area contributed by atoms with Gasteiger partial charge < -0.3 is 9.84 Å². The zero-order valence-electron chi connectivity index (χ0n) is 8.24. The molecule has 0 aromatic heterocycles. The molecule has 1 aliphatic carbocycles. The Hall–Kier alpha value is -0.0800. The van der Waals surface area contributed by atoms with Crippen LogP contribution in [0.1, 0.15) is 38.5 Å². The minimum atomic E-state index is 0.329. The predicted molar refractivity (Wildman–Crippen MR) is 51.5 cm³/mol. The first kappa shape index (κ1) is 9.47. The highest BCUT2D eigenvalue weighted by Gasteiger charge is 2.33. The summed E-state index contributed by atoms with van der Waals surface area (Å²) >= 11 is 0. The second-order valence-corrected chi connectivity index (χ2v) is 4.44. The van der Waals surface area contributed by atoms with E-state index in [-0.39, 0.29) is 0 Å². The van der Waals surface area contributed by atoms with Crippen molar-refractivity contribution in [1.29, 1.82) is 0 Å². The van der Waals surface area contributed by atoms with Gasteiger partial charge in [0, 0.05) is 19.1 Å². The molecule has 76 valence electrons. The minimum absolute atomic E-state index is 0.329. The zero-order valence-corrected chi connectivity index (χ0v) is 8.24. The molecule has 0 aromatic rings. The smallest absolute Gasteiger partial charge is 0.0627 e. The van der Waals surface area contributed by atoms with E-state index in [1.807, 2.05) is 0 Å². The quantitative estimate of drug-likeness (QED) is 0.726. The van der Waals surface area contributed by atoms with Gasteiger partial charge in [0.15, 0.2) is 0 Å². The molecule has 13 heavy (non-hydrogen) atoms. The van der Waals surface area contributed by atoms with Crippen molar-refractivity contribution in [1.82, 2.24) is 0 Å². The Morgan fingerprint density at radius 1 is 1.15 bits per heavy atom. The second-order valence-electron chi connectivity index (χ2n) is 4.44. The maximum Gasteiger partial charge on any atom is 0.0627 e. The Balaban J connectivity index is 1.86. The number of aliphatic hydroxyl groups is 1. The molecule has 2 atom stereocenters. The molecule has 1 N–H and O–H groups in total. The average Bonchev–Trinajstić information content (AvgIpc) is 2.12. The van der Waals surface area contributed by atoms with E-state index in [1.165, 1.54) is 38.5 Å². The summed E-state index contributed by atoms with van der Waals surface area (Å²) in [5.74, 6) is 1.20. The van der Waals surface area contributed by atoms with Gasteiger partial charge in [0.2, 0.25) is 0 Å². The van der Waals surface area contributed by atoms with Crippen molar-refractivity contribution in [3.63, 3.8) is 0 Å². The van der Waals surface area contributed by atoms with E-state index in [4.69, 9.17) is 4.74 Å². The lowest BCUT2D eigenvalue weighted by molar-refractivity contribution is -0.0656. The molecule has 0 aromatic carbocycles. The lowest BCUT2D eigenvalue weighted by Crippen LogP contribution is -2.38. The van der Waals surface area contributed by atoms with Crippen LogP contribution in [-0.4, -0.2) is 24.4 Å². The van der Waals surface area contributed by atoms with Crippen LogP contribution in [0.25, 0.3) is 0 Å². The van der Waals surface area contributed by atoms with Gasteiger partial charge in [-0.15, -0.1) is 0 Å². The Labute approximate surface area is 80.3 Å². The Bertz CT molecular complexity index is 148. The van der Waals surface area contributed by atoms with E-state index < -0.39 is 0 Å². The van der Waals surface area contributed by atoms with Crippen LogP contribution in [0.5, 0.6) is 0 Å². The zero-order chi connectivity index (χ0) is 9.10. The molecular formula is C11H20O2. The van der Waals surface area contributed by atoms with Gasteiger partial charge >= 0.3 is 0 Å². The van der Waals surface area contributed by atoms with Crippen molar-refractivity contribution in [2.24, 2.45) is 11.8 Å². The third kappa shape index (κ3) is 2.05. The lowest BCUT2D eigenvalue weighted by Gasteiger charge is -2.39. The van der Waals surface area contributed by atoms with Gasteiger partial charge in [0.25, 0.3) is 0 Å². The molecule has 2 unspecified atom stereocenters. The summed E-state index contributed by atoms with van der Waals surface area (Å²) in [4.78, 5) is 0. The average molecular weight is 184 g/mol. The van der Waals surface area contributed by atoms with Crippen LogP contribution in [0.2, 0.25) is 0 Å². The van der Waals surface area contributed by atoms with E-state index in [0.29, 0.717) is 18.6 Å². The highest BCUT2D eigenvalue weighted by atomic mass is 16.5. The molecule has 1 aliphatic heterocycles. The molecule has 0 radical (unpaired) electrons. The van der Waals surface area contributed by atoms with Crippen LogP contribution in [0.4, 0.5) is 0 Å². The van der Waals surface area contributed by atoms with Crippen LogP contribution in [0.15, 0.2) is 0 Å². The summed E-state index contributed by atoms with van der Waals surface area (Å²) in [5, 5.41) is 9.33. The molecule has 0 spiro atoms. The molecule has 0 amide bonds.